The molecule has 3 rings (SSSR count). The lowest BCUT2D eigenvalue weighted by atomic mass is 9.76. The fourth-order valence-corrected chi connectivity index (χ4v) is 4.53. The van der Waals surface area contributed by atoms with Crippen LogP contribution >= 0.6 is 0 Å². The van der Waals surface area contributed by atoms with E-state index in [4.69, 9.17) is 4.74 Å². The summed E-state index contributed by atoms with van der Waals surface area (Å²) in [5, 5.41) is 0. The molecule has 2 unspecified atom stereocenters. The monoisotopic (exact) mass is 369 g/mol. The zero-order valence-electron chi connectivity index (χ0n) is 16.1. The number of unbranched alkanes of at least 4 members (excludes halogenated alkanes) is 2. The molecule has 2 aliphatic heterocycles. The highest BCUT2D eigenvalue weighted by atomic mass is 16.6. The highest BCUT2D eigenvalue weighted by molar-refractivity contribution is 5.81. The van der Waals surface area contributed by atoms with Gasteiger partial charge in [-0.15, -0.1) is 6.58 Å². The van der Waals surface area contributed by atoms with Gasteiger partial charge in [-0.05, 0) is 56.9 Å². The minimum Gasteiger partial charge on any atom is -0.445 e. The van der Waals surface area contributed by atoms with Crippen molar-refractivity contribution < 1.29 is 14.3 Å². The number of hydrogen-bond acceptors (Lipinski definition) is 3. The average Bonchev–Trinajstić information content (AvgIpc) is 2.69. The van der Waals surface area contributed by atoms with Gasteiger partial charge in [-0.1, -0.05) is 36.4 Å². The molecule has 1 aromatic carbocycles. The smallest absolute Gasteiger partial charge is 0.410 e. The average molecular weight is 370 g/mol. The van der Waals surface area contributed by atoms with Crippen molar-refractivity contribution in [3.05, 3.63) is 48.6 Å². The molecule has 0 spiro atoms. The number of nitrogens with zero attached hydrogens (tertiary/aromatic N) is 1. The largest absolute Gasteiger partial charge is 0.445 e. The van der Waals surface area contributed by atoms with Crippen molar-refractivity contribution >= 4 is 11.9 Å². The summed E-state index contributed by atoms with van der Waals surface area (Å²) >= 11 is 0. The van der Waals surface area contributed by atoms with Crippen LogP contribution in [0.25, 0.3) is 0 Å². The number of ketones is 1. The predicted octanol–water partition coefficient (Wildman–Crippen LogP) is 5.27. The Balaban J connectivity index is 1.53. The van der Waals surface area contributed by atoms with Gasteiger partial charge in [0.2, 0.25) is 0 Å². The summed E-state index contributed by atoms with van der Waals surface area (Å²) in [6, 6.07) is 10.1. The molecule has 0 radical (unpaired) electrons. The van der Waals surface area contributed by atoms with Crippen LogP contribution in [0.15, 0.2) is 43.0 Å². The molecule has 0 saturated carbocycles. The summed E-state index contributed by atoms with van der Waals surface area (Å²) in [7, 11) is 0. The van der Waals surface area contributed by atoms with Gasteiger partial charge in [-0.3, -0.25) is 4.79 Å². The van der Waals surface area contributed by atoms with E-state index in [1.807, 2.05) is 41.3 Å². The van der Waals surface area contributed by atoms with Crippen molar-refractivity contribution in [1.29, 1.82) is 0 Å². The number of piperidine rings is 2. The number of allylic oxidation sites excluding steroid dienone is 1. The van der Waals surface area contributed by atoms with Gasteiger partial charge in [0.25, 0.3) is 0 Å². The van der Waals surface area contributed by atoms with Crippen LogP contribution in [-0.4, -0.2) is 28.9 Å². The Bertz CT molecular complexity index is 628. The molecular weight excluding hydrogens is 338 g/mol. The van der Waals surface area contributed by atoms with Crippen LogP contribution in [0, 0.1) is 5.92 Å². The maximum Gasteiger partial charge on any atom is 0.410 e. The lowest BCUT2D eigenvalue weighted by Gasteiger charge is -2.47. The molecule has 0 aliphatic carbocycles. The fraction of sp³-hybridized carbons (Fsp3) is 0.565. The maximum atomic E-state index is 12.7. The van der Waals surface area contributed by atoms with E-state index >= 15 is 0 Å². The van der Waals surface area contributed by atoms with Gasteiger partial charge in [-0.2, -0.15) is 0 Å². The molecule has 2 saturated heterocycles. The van der Waals surface area contributed by atoms with E-state index in [1.165, 1.54) is 0 Å². The van der Waals surface area contributed by atoms with E-state index in [-0.39, 0.29) is 24.1 Å². The molecule has 2 fully saturated rings. The van der Waals surface area contributed by atoms with Crippen LogP contribution in [0.4, 0.5) is 4.79 Å². The lowest BCUT2D eigenvalue weighted by Crippen LogP contribution is -2.55. The Morgan fingerprint density at radius 3 is 2.48 bits per heavy atom. The SMILES string of the molecule is C=CCCCCC(=O)C1CC2CCCC(C1)N2C(=O)OCc1ccccc1. The molecule has 4 nitrogen and oxygen atoms in total. The quantitative estimate of drug-likeness (QED) is 0.463. The third-order valence-electron chi connectivity index (χ3n) is 5.93. The zero-order chi connectivity index (χ0) is 19.1. The van der Waals surface area contributed by atoms with E-state index in [0.29, 0.717) is 18.8 Å². The molecule has 2 atom stereocenters. The summed E-state index contributed by atoms with van der Waals surface area (Å²) in [5.74, 6) is 0.496. The van der Waals surface area contributed by atoms with E-state index < -0.39 is 0 Å². The molecular formula is C23H31NO3. The number of Topliss-reactive ketones (excluding diaryl/α,β-unsaturated/α-hetero) is 1. The molecule has 146 valence electrons. The van der Waals surface area contributed by atoms with Gasteiger partial charge >= 0.3 is 6.09 Å². The highest BCUT2D eigenvalue weighted by Crippen LogP contribution is 2.38. The first-order valence-corrected chi connectivity index (χ1v) is 10.3. The molecule has 2 aliphatic rings. The zero-order valence-corrected chi connectivity index (χ0v) is 16.1. The van der Waals surface area contributed by atoms with Crippen molar-refractivity contribution in [3.63, 3.8) is 0 Å². The second kappa shape index (κ2) is 9.72. The first-order chi connectivity index (χ1) is 13.2. The number of amides is 1. The number of carbonyl (C=O) groups excluding carboxylic acids is 2. The summed E-state index contributed by atoms with van der Waals surface area (Å²) < 4.78 is 5.58. The minimum absolute atomic E-state index is 0.113. The summed E-state index contributed by atoms with van der Waals surface area (Å²) in [6.07, 6.45) is 10.0. The second-order valence-electron chi connectivity index (χ2n) is 7.86. The Morgan fingerprint density at radius 2 is 1.81 bits per heavy atom. The molecule has 27 heavy (non-hydrogen) atoms. The van der Waals surface area contributed by atoms with Crippen molar-refractivity contribution in [2.24, 2.45) is 5.92 Å². The van der Waals surface area contributed by atoms with Crippen molar-refractivity contribution in [2.75, 3.05) is 0 Å². The van der Waals surface area contributed by atoms with Gasteiger partial charge in [0.15, 0.2) is 0 Å². The van der Waals surface area contributed by atoms with Crippen LogP contribution < -0.4 is 0 Å². The topological polar surface area (TPSA) is 46.6 Å². The van der Waals surface area contributed by atoms with Gasteiger partial charge in [-0.25, -0.2) is 4.79 Å². The summed E-state index contributed by atoms with van der Waals surface area (Å²) in [4.78, 5) is 27.3. The van der Waals surface area contributed by atoms with Crippen LogP contribution in [0.5, 0.6) is 0 Å². The molecule has 4 heteroatoms. The molecule has 0 aromatic heterocycles. The molecule has 2 bridgehead atoms. The number of benzene rings is 1. The Kier molecular flexibility index (Phi) is 7.08. The Hall–Kier alpha value is -2.10. The van der Waals surface area contributed by atoms with Gasteiger partial charge < -0.3 is 9.64 Å². The maximum absolute atomic E-state index is 12.7. The van der Waals surface area contributed by atoms with Gasteiger partial charge in [0, 0.05) is 24.4 Å². The van der Waals surface area contributed by atoms with Crippen LogP contribution in [0.3, 0.4) is 0 Å². The Labute approximate surface area is 162 Å². The van der Waals surface area contributed by atoms with Crippen molar-refractivity contribution in [1.82, 2.24) is 4.90 Å². The van der Waals surface area contributed by atoms with Crippen LogP contribution in [-0.2, 0) is 16.1 Å². The first-order valence-electron chi connectivity index (χ1n) is 10.3. The first kappa shape index (κ1) is 19.7. The number of fused-ring (bicyclic) bond motifs is 2. The highest BCUT2D eigenvalue weighted by Gasteiger charge is 2.43. The van der Waals surface area contributed by atoms with E-state index in [0.717, 1.165) is 56.9 Å². The van der Waals surface area contributed by atoms with E-state index in [1.54, 1.807) is 0 Å². The molecule has 0 N–H and O–H groups in total. The molecule has 2 heterocycles. The number of rotatable bonds is 8. The Morgan fingerprint density at radius 1 is 1.11 bits per heavy atom. The minimum atomic E-state index is -0.217. The van der Waals surface area contributed by atoms with Gasteiger partial charge in [0.1, 0.15) is 12.4 Å². The molecule has 1 aromatic rings. The number of carbonyl (C=O) groups is 2. The lowest BCUT2D eigenvalue weighted by molar-refractivity contribution is -0.126. The fourth-order valence-electron chi connectivity index (χ4n) is 4.53. The van der Waals surface area contributed by atoms with Gasteiger partial charge in [0.05, 0.1) is 0 Å². The number of hydrogen-bond donors (Lipinski definition) is 0. The van der Waals surface area contributed by atoms with Crippen molar-refractivity contribution in [3.8, 4) is 0 Å². The normalized spacial score (nSPS) is 24.3. The van der Waals surface area contributed by atoms with Crippen LogP contribution in [0.2, 0.25) is 0 Å². The third kappa shape index (κ3) is 5.21. The van der Waals surface area contributed by atoms with E-state index in [9.17, 15) is 9.59 Å². The predicted molar refractivity (Wildman–Crippen MR) is 106 cm³/mol. The van der Waals surface area contributed by atoms with Crippen molar-refractivity contribution in [2.45, 2.75) is 76.5 Å². The second-order valence-corrected chi connectivity index (χ2v) is 7.86. The third-order valence-corrected chi connectivity index (χ3v) is 5.93. The van der Waals surface area contributed by atoms with Crippen LogP contribution in [0.1, 0.15) is 63.4 Å². The summed E-state index contributed by atoms with van der Waals surface area (Å²) in [6.45, 7) is 4.04. The number of ether oxygens (including phenoxy) is 1. The standard InChI is InChI=1S/C23H31NO3/c1-2-3-4-8-14-22(25)19-15-20-12-9-13-21(16-19)24(20)23(26)27-17-18-10-6-5-7-11-18/h2,5-7,10-11,19-21H,1,3-4,8-9,12-17H2. The molecule has 1 amide bonds. The van der Waals surface area contributed by atoms with E-state index in [2.05, 4.69) is 6.58 Å². The summed E-state index contributed by atoms with van der Waals surface area (Å²) in [5.41, 5.74) is 1.00.